The van der Waals surface area contributed by atoms with E-state index in [0.717, 1.165) is 19.3 Å². The Morgan fingerprint density at radius 2 is 0.940 bits per heavy atom. The van der Waals surface area contributed by atoms with Crippen LogP contribution in [0.2, 0.25) is 0 Å². The second-order valence-corrected chi connectivity index (χ2v) is 14.1. The standard InChI is InChI=1S/C39H76O3.C4H9N3O/c1-3-5-7-9-11-13-15-17-19-21-23-25-27-29-31-33-35-39(38(41)37-40)42-36-34-32-30-28-26-24-22-20-18-16-14-12-10-8-6-4-2;1-3-8-4(2)6-7-5/h17-20,38-41H,3-16,21-37H2,1-2H3;4H,3H2,1-2H3/b19-17-,20-18-;. The predicted molar refractivity (Wildman–Crippen MR) is 217 cm³/mol. The minimum absolute atomic E-state index is 0.204. The summed E-state index contributed by atoms with van der Waals surface area (Å²) in [5.74, 6) is 0. The first-order valence-corrected chi connectivity index (χ1v) is 21.4. The van der Waals surface area contributed by atoms with Crippen molar-refractivity contribution in [3.8, 4) is 0 Å². The Balaban J connectivity index is 0. The molecule has 0 aromatic carbocycles. The predicted octanol–water partition coefficient (Wildman–Crippen LogP) is 13.9. The molecule has 50 heavy (non-hydrogen) atoms. The highest BCUT2D eigenvalue weighted by atomic mass is 16.5. The normalized spacial score (nSPS) is 13.3. The zero-order valence-corrected chi connectivity index (χ0v) is 33.7. The van der Waals surface area contributed by atoms with Gasteiger partial charge in [0.25, 0.3) is 0 Å². The molecule has 0 aliphatic carbocycles. The number of rotatable bonds is 38. The third-order valence-electron chi connectivity index (χ3n) is 9.23. The van der Waals surface area contributed by atoms with E-state index in [1.165, 1.54) is 167 Å². The molecular weight excluding hydrogens is 622 g/mol. The van der Waals surface area contributed by atoms with Gasteiger partial charge in [0, 0.05) is 18.1 Å². The quantitative estimate of drug-likeness (QED) is 0.0219. The number of nitrogens with zero attached hydrogens (tertiary/aromatic N) is 3. The van der Waals surface area contributed by atoms with Crippen LogP contribution in [0.25, 0.3) is 10.4 Å². The molecule has 0 bridgehead atoms. The van der Waals surface area contributed by atoms with Gasteiger partial charge in [-0.25, -0.2) is 0 Å². The summed E-state index contributed by atoms with van der Waals surface area (Å²) in [7, 11) is 0. The molecule has 0 heterocycles. The fourth-order valence-electron chi connectivity index (χ4n) is 6.03. The molecule has 0 saturated heterocycles. The Labute approximate surface area is 311 Å². The lowest BCUT2D eigenvalue weighted by atomic mass is 10.0. The van der Waals surface area contributed by atoms with Crippen molar-refractivity contribution >= 4 is 0 Å². The molecular formula is C43H85N3O4. The maximum Gasteiger partial charge on any atom is 0.133 e. The lowest BCUT2D eigenvalue weighted by molar-refractivity contribution is -0.0629. The summed E-state index contributed by atoms with van der Waals surface area (Å²) in [6.07, 6.45) is 45.6. The van der Waals surface area contributed by atoms with Crippen LogP contribution >= 0.6 is 0 Å². The van der Waals surface area contributed by atoms with Gasteiger partial charge in [0.1, 0.15) is 12.3 Å². The molecule has 3 unspecified atom stereocenters. The number of aliphatic hydroxyl groups excluding tert-OH is 2. The van der Waals surface area contributed by atoms with Gasteiger partial charge in [-0.2, -0.15) is 0 Å². The Morgan fingerprint density at radius 1 is 0.560 bits per heavy atom. The molecule has 0 radical (unpaired) electrons. The molecule has 0 aliphatic rings. The van der Waals surface area contributed by atoms with Crippen molar-refractivity contribution < 1.29 is 19.7 Å². The first kappa shape index (κ1) is 50.7. The van der Waals surface area contributed by atoms with Gasteiger partial charge in [-0.3, -0.25) is 0 Å². The largest absolute Gasteiger partial charge is 0.394 e. The van der Waals surface area contributed by atoms with E-state index in [-0.39, 0.29) is 18.9 Å². The number of ether oxygens (including phenoxy) is 2. The van der Waals surface area contributed by atoms with E-state index in [1.54, 1.807) is 6.92 Å². The first-order chi connectivity index (χ1) is 24.6. The SMILES string of the molecule is CCCCCCCC/C=C\CCCCCCCCOC(CCCCCCCC/C=C\CCCCCCCC)C(O)CO.CCOC(C)N=[N+]=[N-]. The zero-order chi connectivity index (χ0) is 37.0. The Hall–Kier alpha value is -1.37. The molecule has 296 valence electrons. The van der Waals surface area contributed by atoms with E-state index in [4.69, 9.17) is 15.0 Å². The molecule has 3 atom stereocenters. The number of hydrogen-bond donors (Lipinski definition) is 2. The zero-order valence-electron chi connectivity index (χ0n) is 33.7. The van der Waals surface area contributed by atoms with Crippen LogP contribution in [0.15, 0.2) is 29.4 Å². The van der Waals surface area contributed by atoms with Gasteiger partial charge in [0.2, 0.25) is 0 Å². The van der Waals surface area contributed by atoms with E-state index in [9.17, 15) is 10.2 Å². The summed E-state index contributed by atoms with van der Waals surface area (Å²) in [6, 6.07) is 0. The van der Waals surface area contributed by atoms with E-state index in [1.807, 2.05) is 6.92 Å². The van der Waals surface area contributed by atoms with Gasteiger partial charge in [-0.1, -0.05) is 165 Å². The second-order valence-electron chi connectivity index (χ2n) is 14.1. The van der Waals surface area contributed by atoms with Gasteiger partial charge in [-0.15, -0.1) is 0 Å². The van der Waals surface area contributed by atoms with Gasteiger partial charge < -0.3 is 19.7 Å². The van der Waals surface area contributed by atoms with Crippen molar-refractivity contribution in [3.63, 3.8) is 0 Å². The number of hydrogen-bond acceptors (Lipinski definition) is 5. The molecule has 2 N–H and O–H groups in total. The van der Waals surface area contributed by atoms with Gasteiger partial charge >= 0.3 is 0 Å². The Bertz CT molecular complexity index is 742. The highest BCUT2D eigenvalue weighted by Gasteiger charge is 2.18. The fraction of sp³-hybridized carbons (Fsp3) is 0.907. The lowest BCUT2D eigenvalue weighted by Crippen LogP contribution is -2.32. The maximum atomic E-state index is 10.2. The van der Waals surface area contributed by atoms with Gasteiger partial charge in [-0.05, 0) is 83.6 Å². The van der Waals surface area contributed by atoms with Crippen LogP contribution in [0.3, 0.4) is 0 Å². The molecule has 7 heteroatoms. The molecule has 0 rings (SSSR count). The summed E-state index contributed by atoms with van der Waals surface area (Å²) in [6.45, 7) is 9.19. The maximum absolute atomic E-state index is 10.2. The van der Waals surface area contributed by atoms with Crippen molar-refractivity contribution in [2.75, 3.05) is 19.8 Å². The average molecular weight is 708 g/mol. The van der Waals surface area contributed by atoms with Crippen LogP contribution in [-0.4, -0.2) is 48.5 Å². The van der Waals surface area contributed by atoms with E-state index in [0.29, 0.717) is 13.2 Å². The molecule has 0 amide bonds. The Morgan fingerprint density at radius 3 is 1.32 bits per heavy atom. The highest BCUT2D eigenvalue weighted by molar-refractivity contribution is 4.82. The number of allylic oxidation sites excluding steroid dienone is 4. The molecule has 7 nitrogen and oxygen atoms in total. The van der Waals surface area contributed by atoms with Gasteiger partial charge in [0.05, 0.1) is 12.7 Å². The fourth-order valence-corrected chi connectivity index (χ4v) is 6.03. The monoisotopic (exact) mass is 708 g/mol. The van der Waals surface area contributed by atoms with Crippen LogP contribution in [-0.2, 0) is 9.47 Å². The number of aliphatic hydroxyl groups is 2. The van der Waals surface area contributed by atoms with Crippen LogP contribution < -0.4 is 0 Å². The summed E-state index contributed by atoms with van der Waals surface area (Å²) in [4.78, 5) is 2.55. The Kier molecular flexibility index (Phi) is 46.3. The molecule has 0 saturated carbocycles. The smallest absolute Gasteiger partial charge is 0.133 e. The average Bonchev–Trinajstić information content (AvgIpc) is 3.12. The van der Waals surface area contributed by atoms with Crippen LogP contribution in [0.4, 0.5) is 0 Å². The molecule has 0 spiro atoms. The molecule has 0 aliphatic heterocycles. The number of azide groups is 1. The molecule has 0 aromatic heterocycles. The van der Waals surface area contributed by atoms with Crippen molar-refractivity contribution in [1.82, 2.24) is 0 Å². The van der Waals surface area contributed by atoms with Crippen LogP contribution in [0.5, 0.6) is 0 Å². The second kappa shape index (κ2) is 45.7. The van der Waals surface area contributed by atoms with Crippen molar-refractivity contribution in [2.45, 2.75) is 232 Å². The highest BCUT2D eigenvalue weighted by Crippen LogP contribution is 2.16. The summed E-state index contributed by atoms with van der Waals surface area (Å²) < 4.78 is 10.9. The first-order valence-electron chi connectivity index (χ1n) is 21.4. The van der Waals surface area contributed by atoms with E-state index >= 15 is 0 Å². The third-order valence-corrected chi connectivity index (χ3v) is 9.23. The van der Waals surface area contributed by atoms with Crippen molar-refractivity contribution in [2.24, 2.45) is 5.11 Å². The summed E-state index contributed by atoms with van der Waals surface area (Å²) >= 11 is 0. The molecule has 0 fully saturated rings. The summed E-state index contributed by atoms with van der Waals surface area (Å²) in [5.41, 5.74) is 7.84. The van der Waals surface area contributed by atoms with Crippen LogP contribution in [0, 0.1) is 0 Å². The minimum atomic E-state index is -0.748. The summed E-state index contributed by atoms with van der Waals surface area (Å²) in [5, 5.41) is 22.9. The minimum Gasteiger partial charge on any atom is -0.394 e. The van der Waals surface area contributed by atoms with Crippen molar-refractivity contribution in [1.29, 1.82) is 0 Å². The van der Waals surface area contributed by atoms with E-state index in [2.05, 4.69) is 48.2 Å². The topological polar surface area (TPSA) is 108 Å². The lowest BCUT2D eigenvalue weighted by Gasteiger charge is -2.22. The van der Waals surface area contributed by atoms with Gasteiger partial charge in [0.15, 0.2) is 0 Å². The van der Waals surface area contributed by atoms with Crippen molar-refractivity contribution in [3.05, 3.63) is 34.7 Å². The number of unbranched alkanes of at least 4 members (excludes halogenated alkanes) is 24. The molecule has 0 aromatic rings. The van der Waals surface area contributed by atoms with E-state index < -0.39 is 6.10 Å². The van der Waals surface area contributed by atoms with Crippen LogP contribution in [0.1, 0.15) is 214 Å². The third kappa shape index (κ3) is 42.8.